The molecule has 19 heavy (non-hydrogen) atoms. The van der Waals surface area contributed by atoms with Gasteiger partial charge in [-0.15, -0.1) is 6.58 Å². The first-order chi connectivity index (χ1) is 9.33. The zero-order valence-corrected chi connectivity index (χ0v) is 11.3. The highest BCUT2D eigenvalue weighted by Crippen LogP contribution is 2.29. The van der Waals surface area contributed by atoms with Crippen molar-refractivity contribution in [3.8, 4) is 11.5 Å². The molecular weight excluding hydrogens is 244 g/mol. The van der Waals surface area contributed by atoms with Crippen molar-refractivity contribution in [1.82, 2.24) is 0 Å². The fourth-order valence-corrected chi connectivity index (χ4v) is 1.97. The average molecular weight is 264 g/mol. The molecular formula is C15H20O4. The molecule has 0 spiro atoms. The topological polar surface area (TPSA) is 36.9 Å². The molecule has 1 aliphatic rings. The second-order valence-electron chi connectivity index (χ2n) is 4.45. The van der Waals surface area contributed by atoms with Gasteiger partial charge in [0, 0.05) is 13.0 Å². The van der Waals surface area contributed by atoms with Gasteiger partial charge in [-0.2, -0.15) is 4.89 Å². The van der Waals surface area contributed by atoms with Gasteiger partial charge in [-0.3, -0.25) is 0 Å². The van der Waals surface area contributed by atoms with Gasteiger partial charge in [0.05, 0.1) is 7.11 Å². The first-order valence-corrected chi connectivity index (χ1v) is 6.56. The van der Waals surface area contributed by atoms with E-state index in [4.69, 9.17) is 19.2 Å². The molecule has 4 heteroatoms. The Hall–Kier alpha value is -1.52. The quantitative estimate of drug-likeness (QED) is 0.449. The van der Waals surface area contributed by atoms with E-state index in [2.05, 4.69) is 6.58 Å². The molecule has 104 valence electrons. The molecule has 1 aliphatic heterocycles. The van der Waals surface area contributed by atoms with E-state index in [1.165, 1.54) is 0 Å². The van der Waals surface area contributed by atoms with Gasteiger partial charge in [-0.1, -0.05) is 12.1 Å². The zero-order valence-electron chi connectivity index (χ0n) is 11.3. The molecule has 0 N–H and O–H groups in total. The molecule has 1 aromatic carbocycles. The second-order valence-corrected chi connectivity index (χ2v) is 4.45. The fraction of sp³-hybridized carbons (Fsp3) is 0.467. The third-order valence-electron chi connectivity index (χ3n) is 2.99. The van der Waals surface area contributed by atoms with Crippen LogP contribution in [-0.4, -0.2) is 20.0 Å². The third kappa shape index (κ3) is 3.98. The van der Waals surface area contributed by atoms with Crippen LogP contribution in [0.2, 0.25) is 0 Å². The minimum atomic E-state index is -0.286. The molecule has 0 aliphatic carbocycles. The van der Waals surface area contributed by atoms with Crippen molar-refractivity contribution < 1.29 is 19.2 Å². The maximum atomic E-state index is 5.43. The number of hydrogen-bond donors (Lipinski definition) is 0. The first-order valence-electron chi connectivity index (χ1n) is 6.56. The number of hydrogen-bond acceptors (Lipinski definition) is 4. The maximum absolute atomic E-state index is 5.43. The Balaban J connectivity index is 1.96. The summed E-state index contributed by atoms with van der Waals surface area (Å²) in [5.41, 5.74) is 1.12. The molecule has 0 saturated carbocycles. The molecule has 1 atom stereocenters. The van der Waals surface area contributed by atoms with Gasteiger partial charge >= 0.3 is 0 Å². The van der Waals surface area contributed by atoms with E-state index < -0.39 is 0 Å². The average Bonchev–Trinajstić information content (AvgIpc) is 2.47. The van der Waals surface area contributed by atoms with Gasteiger partial charge in [0.15, 0.2) is 5.75 Å². The van der Waals surface area contributed by atoms with E-state index >= 15 is 0 Å². The molecule has 0 bridgehead atoms. The van der Waals surface area contributed by atoms with Crippen LogP contribution in [0.5, 0.6) is 11.5 Å². The molecule has 1 saturated heterocycles. The predicted molar refractivity (Wildman–Crippen MR) is 72.2 cm³/mol. The summed E-state index contributed by atoms with van der Waals surface area (Å²) in [7, 11) is 1.61. The summed E-state index contributed by atoms with van der Waals surface area (Å²) in [5.74, 6) is 1.21. The van der Waals surface area contributed by atoms with Crippen LogP contribution in [0, 0.1) is 0 Å². The van der Waals surface area contributed by atoms with Gasteiger partial charge in [0.25, 0.3) is 0 Å². The number of benzene rings is 1. The molecule has 1 fully saturated rings. The molecule has 0 amide bonds. The Morgan fingerprint density at radius 3 is 2.95 bits per heavy atom. The van der Waals surface area contributed by atoms with Crippen LogP contribution in [0.3, 0.4) is 0 Å². The number of methoxy groups -OCH3 is 1. The lowest BCUT2D eigenvalue weighted by atomic mass is 10.1. The van der Waals surface area contributed by atoms with Crippen LogP contribution < -0.4 is 9.62 Å². The van der Waals surface area contributed by atoms with Gasteiger partial charge in [0.1, 0.15) is 0 Å². The Labute approximate surface area is 113 Å². The SMILES string of the molecule is C=CCc1ccc(OOC2CCCCO2)c(OC)c1. The highest BCUT2D eigenvalue weighted by molar-refractivity contribution is 5.43. The maximum Gasteiger partial charge on any atom is 0.207 e. The van der Waals surface area contributed by atoms with Crippen molar-refractivity contribution in [2.75, 3.05) is 13.7 Å². The van der Waals surface area contributed by atoms with E-state index in [9.17, 15) is 0 Å². The highest BCUT2D eigenvalue weighted by Gasteiger charge is 2.17. The lowest BCUT2D eigenvalue weighted by Gasteiger charge is -2.21. The fourth-order valence-electron chi connectivity index (χ4n) is 1.97. The van der Waals surface area contributed by atoms with Crippen LogP contribution in [0.15, 0.2) is 30.9 Å². The van der Waals surface area contributed by atoms with Crippen LogP contribution >= 0.6 is 0 Å². The molecule has 4 nitrogen and oxygen atoms in total. The third-order valence-corrected chi connectivity index (χ3v) is 2.99. The summed E-state index contributed by atoms with van der Waals surface area (Å²) >= 11 is 0. The van der Waals surface area contributed by atoms with Gasteiger partial charge < -0.3 is 14.4 Å². The van der Waals surface area contributed by atoms with E-state index in [1.807, 2.05) is 24.3 Å². The van der Waals surface area contributed by atoms with Crippen molar-refractivity contribution in [3.05, 3.63) is 36.4 Å². The molecule has 1 unspecified atom stereocenters. The van der Waals surface area contributed by atoms with Crippen LogP contribution in [0.4, 0.5) is 0 Å². The van der Waals surface area contributed by atoms with E-state index in [0.717, 1.165) is 37.9 Å². The van der Waals surface area contributed by atoms with Crippen molar-refractivity contribution in [2.45, 2.75) is 32.0 Å². The number of ether oxygens (including phenoxy) is 2. The van der Waals surface area contributed by atoms with Gasteiger partial charge in [-0.05, 0) is 37.0 Å². The summed E-state index contributed by atoms with van der Waals surface area (Å²) in [6.07, 6.45) is 5.40. The molecule has 0 aromatic heterocycles. The molecule has 0 radical (unpaired) electrons. The number of allylic oxidation sites excluding steroid dienone is 1. The first kappa shape index (κ1) is 13.9. The van der Waals surface area contributed by atoms with Crippen LogP contribution in [-0.2, 0) is 16.0 Å². The predicted octanol–water partition coefficient (Wildman–Crippen LogP) is 3.26. The van der Waals surface area contributed by atoms with Crippen molar-refractivity contribution in [3.63, 3.8) is 0 Å². The normalized spacial score (nSPS) is 18.9. The van der Waals surface area contributed by atoms with Gasteiger partial charge in [0.2, 0.25) is 12.0 Å². The van der Waals surface area contributed by atoms with Crippen LogP contribution in [0.1, 0.15) is 24.8 Å². The summed E-state index contributed by atoms with van der Waals surface area (Å²) in [5, 5.41) is 0. The summed E-state index contributed by atoms with van der Waals surface area (Å²) < 4.78 is 10.7. The number of rotatable bonds is 6. The Kier molecular flexibility index (Phi) is 5.24. The van der Waals surface area contributed by atoms with Crippen molar-refractivity contribution in [2.24, 2.45) is 0 Å². The molecule has 1 heterocycles. The molecule has 2 rings (SSSR count). The van der Waals surface area contributed by atoms with Crippen molar-refractivity contribution >= 4 is 0 Å². The lowest BCUT2D eigenvalue weighted by molar-refractivity contribution is -0.327. The lowest BCUT2D eigenvalue weighted by Crippen LogP contribution is -2.23. The second kappa shape index (κ2) is 7.16. The monoisotopic (exact) mass is 264 g/mol. The van der Waals surface area contributed by atoms with Gasteiger partial charge in [-0.25, -0.2) is 0 Å². The minimum absolute atomic E-state index is 0.286. The van der Waals surface area contributed by atoms with E-state index in [-0.39, 0.29) is 6.29 Å². The Bertz CT molecular complexity index is 411. The van der Waals surface area contributed by atoms with E-state index in [1.54, 1.807) is 7.11 Å². The minimum Gasteiger partial charge on any atom is -0.493 e. The van der Waals surface area contributed by atoms with E-state index in [0.29, 0.717) is 11.5 Å². The highest BCUT2D eigenvalue weighted by atomic mass is 17.2. The van der Waals surface area contributed by atoms with Crippen LogP contribution in [0.25, 0.3) is 0 Å². The summed E-state index contributed by atoms with van der Waals surface area (Å²) in [6, 6.07) is 5.72. The summed E-state index contributed by atoms with van der Waals surface area (Å²) in [6.45, 7) is 4.44. The summed E-state index contributed by atoms with van der Waals surface area (Å²) in [4.78, 5) is 10.6. The Morgan fingerprint density at radius 2 is 2.26 bits per heavy atom. The zero-order chi connectivity index (χ0) is 13.5. The Morgan fingerprint density at radius 1 is 1.37 bits per heavy atom. The molecule has 1 aromatic rings. The smallest absolute Gasteiger partial charge is 0.207 e. The van der Waals surface area contributed by atoms with Crippen molar-refractivity contribution in [1.29, 1.82) is 0 Å². The largest absolute Gasteiger partial charge is 0.493 e. The standard InChI is InChI=1S/C15H20O4/c1-3-6-12-8-9-13(14(11-12)16-2)18-19-15-7-4-5-10-17-15/h3,8-9,11,15H,1,4-7,10H2,2H3.